The molecule has 2 saturated heterocycles. The highest BCUT2D eigenvalue weighted by atomic mass is 127. The van der Waals surface area contributed by atoms with Gasteiger partial charge < -0.3 is 15.4 Å². The van der Waals surface area contributed by atoms with Crippen LogP contribution in [0.25, 0.3) is 10.1 Å². The number of ether oxygens (including phenoxy) is 1. The molecule has 0 spiro atoms. The van der Waals surface area contributed by atoms with Crippen molar-refractivity contribution in [2.45, 2.75) is 50.9 Å². The van der Waals surface area contributed by atoms with Crippen molar-refractivity contribution < 1.29 is 4.74 Å². The fourth-order valence-electron chi connectivity index (χ4n) is 3.80. The fraction of sp³-hybridized carbons (Fsp3) is 0.526. The lowest BCUT2D eigenvalue weighted by Crippen LogP contribution is -2.47. The average Bonchev–Trinajstić information content (AvgIpc) is 3.31. The van der Waals surface area contributed by atoms with Crippen LogP contribution in [0.1, 0.15) is 31.7 Å². The van der Waals surface area contributed by atoms with E-state index in [9.17, 15) is 0 Å². The Morgan fingerprint density at radius 1 is 1.32 bits per heavy atom. The molecule has 1 aromatic heterocycles. The molecule has 0 saturated carbocycles. The third kappa shape index (κ3) is 4.28. The molecule has 2 bridgehead atoms. The van der Waals surface area contributed by atoms with E-state index in [2.05, 4.69) is 47.2 Å². The monoisotopic (exact) mass is 471 g/mol. The Bertz CT molecular complexity index is 732. The zero-order chi connectivity index (χ0) is 16.4. The number of hydrogen-bond donors (Lipinski definition) is 2. The molecular weight excluding hydrogens is 445 g/mol. The van der Waals surface area contributed by atoms with E-state index in [-0.39, 0.29) is 24.0 Å². The van der Waals surface area contributed by atoms with Crippen LogP contribution in [0, 0.1) is 0 Å². The average molecular weight is 471 g/mol. The summed E-state index contributed by atoms with van der Waals surface area (Å²) < 4.78 is 7.29. The summed E-state index contributed by atoms with van der Waals surface area (Å²) in [6, 6.07) is 9.03. The minimum atomic E-state index is 0. The first-order valence-corrected chi connectivity index (χ1v) is 9.87. The van der Waals surface area contributed by atoms with E-state index >= 15 is 0 Å². The maximum Gasteiger partial charge on any atom is 0.191 e. The second-order valence-corrected chi connectivity index (χ2v) is 7.54. The van der Waals surface area contributed by atoms with Crippen molar-refractivity contribution in [2.24, 2.45) is 4.99 Å². The maximum atomic E-state index is 5.93. The predicted molar refractivity (Wildman–Crippen MR) is 116 cm³/mol. The zero-order valence-electron chi connectivity index (χ0n) is 14.5. The first kappa shape index (κ1) is 18.9. The minimum Gasteiger partial charge on any atom is -0.373 e. The number of guanidine groups is 1. The van der Waals surface area contributed by atoms with Crippen LogP contribution in [0.3, 0.4) is 0 Å². The van der Waals surface area contributed by atoms with Crippen molar-refractivity contribution in [1.82, 2.24) is 10.6 Å². The van der Waals surface area contributed by atoms with Crippen LogP contribution in [-0.2, 0) is 11.2 Å². The number of fused-ring (bicyclic) bond motifs is 3. The lowest BCUT2D eigenvalue weighted by atomic mass is 9.96. The third-order valence-corrected chi connectivity index (χ3v) is 6.00. The van der Waals surface area contributed by atoms with Gasteiger partial charge >= 0.3 is 0 Å². The first-order chi connectivity index (χ1) is 11.8. The van der Waals surface area contributed by atoms with Gasteiger partial charge in [-0.05, 0) is 55.0 Å². The van der Waals surface area contributed by atoms with Crippen LogP contribution in [0.5, 0.6) is 0 Å². The fourth-order valence-corrected chi connectivity index (χ4v) is 4.80. The smallest absolute Gasteiger partial charge is 0.191 e. The molecule has 0 radical (unpaired) electrons. The van der Waals surface area contributed by atoms with E-state index in [1.165, 1.54) is 28.5 Å². The SMILES string of the molecule is CCNC(=NCCc1csc2ccccc12)NC1CC2CCC1O2.I. The van der Waals surface area contributed by atoms with Gasteiger partial charge in [-0.3, -0.25) is 4.99 Å². The number of benzene rings is 1. The summed E-state index contributed by atoms with van der Waals surface area (Å²) >= 11 is 1.82. The second kappa shape index (κ2) is 8.68. The molecule has 0 aliphatic carbocycles. The van der Waals surface area contributed by atoms with E-state index in [1.807, 2.05) is 11.3 Å². The van der Waals surface area contributed by atoms with Gasteiger partial charge in [0, 0.05) is 17.8 Å². The molecule has 2 fully saturated rings. The van der Waals surface area contributed by atoms with E-state index in [0.29, 0.717) is 18.2 Å². The Labute approximate surface area is 170 Å². The molecule has 3 unspecified atom stereocenters. The van der Waals surface area contributed by atoms with Crippen LogP contribution in [-0.4, -0.2) is 37.3 Å². The van der Waals surface area contributed by atoms with Gasteiger partial charge in [0.1, 0.15) is 0 Å². The van der Waals surface area contributed by atoms with Gasteiger partial charge in [-0.25, -0.2) is 0 Å². The third-order valence-electron chi connectivity index (χ3n) is 4.98. The van der Waals surface area contributed by atoms with Gasteiger partial charge in [0.05, 0.1) is 18.2 Å². The van der Waals surface area contributed by atoms with Crippen LogP contribution in [0.2, 0.25) is 0 Å². The molecule has 136 valence electrons. The molecule has 3 heterocycles. The minimum absolute atomic E-state index is 0. The predicted octanol–water partition coefficient (Wildman–Crippen LogP) is 3.94. The van der Waals surface area contributed by atoms with Gasteiger partial charge in [-0.15, -0.1) is 35.3 Å². The zero-order valence-corrected chi connectivity index (χ0v) is 17.7. The number of hydrogen-bond acceptors (Lipinski definition) is 3. The highest BCUT2D eigenvalue weighted by molar-refractivity contribution is 14.0. The Kier molecular flexibility index (Phi) is 6.57. The Morgan fingerprint density at radius 2 is 2.20 bits per heavy atom. The van der Waals surface area contributed by atoms with Gasteiger partial charge in [-0.1, -0.05) is 18.2 Å². The summed E-state index contributed by atoms with van der Waals surface area (Å²) in [6.45, 7) is 3.80. The maximum absolute atomic E-state index is 5.93. The van der Waals surface area contributed by atoms with E-state index in [4.69, 9.17) is 9.73 Å². The van der Waals surface area contributed by atoms with Crippen molar-refractivity contribution in [3.8, 4) is 0 Å². The number of nitrogens with zero attached hydrogens (tertiary/aromatic N) is 1. The summed E-state index contributed by atoms with van der Waals surface area (Å²) in [5.41, 5.74) is 1.40. The Balaban J connectivity index is 0.00000182. The molecule has 3 atom stereocenters. The first-order valence-electron chi connectivity index (χ1n) is 8.99. The molecule has 0 amide bonds. The lowest BCUT2D eigenvalue weighted by Gasteiger charge is -2.22. The quantitative estimate of drug-likeness (QED) is 0.395. The number of halogens is 1. The highest BCUT2D eigenvalue weighted by Crippen LogP contribution is 2.34. The summed E-state index contributed by atoms with van der Waals surface area (Å²) in [5, 5.41) is 10.6. The number of nitrogens with one attached hydrogen (secondary N) is 2. The summed E-state index contributed by atoms with van der Waals surface area (Å²) in [7, 11) is 0. The largest absolute Gasteiger partial charge is 0.373 e. The Hall–Kier alpha value is -0.860. The normalized spacial score (nSPS) is 25.2. The van der Waals surface area contributed by atoms with Gasteiger partial charge in [0.15, 0.2) is 5.96 Å². The molecule has 6 heteroatoms. The van der Waals surface area contributed by atoms with Gasteiger partial charge in [0.2, 0.25) is 0 Å². The lowest BCUT2D eigenvalue weighted by molar-refractivity contribution is 0.0992. The van der Waals surface area contributed by atoms with Crippen molar-refractivity contribution in [1.29, 1.82) is 0 Å². The molecular formula is C19H26IN3OS. The number of rotatable bonds is 5. The molecule has 2 aliphatic rings. The van der Waals surface area contributed by atoms with Crippen molar-refractivity contribution in [2.75, 3.05) is 13.1 Å². The van der Waals surface area contributed by atoms with Crippen LogP contribution < -0.4 is 10.6 Å². The molecule has 4 rings (SSSR count). The molecule has 2 aromatic rings. The number of aliphatic imine (C=N–C) groups is 1. The van der Waals surface area contributed by atoms with Crippen LogP contribution in [0.15, 0.2) is 34.6 Å². The van der Waals surface area contributed by atoms with Crippen LogP contribution in [0.4, 0.5) is 0 Å². The molecule has 1 aromatic carbocycles. The van der Waals surface area contributed by atoms with E-state index in [0.717, 1.165) is 31.9 Å². The molecule has 4 nitrogen and oxygen atoms in total. The summed E-state index contributed by atoms with van der Waals surface area (Å²) in [6.07, 6.45) is 5.34. The van der Waals surface area contributed by atoms with Gasteiger partial charge in [0.25, 0.3) is 0 Å². The van der Waals surface area contributed by atoms with Crippen molar-refractivity contribution in [3.63, 3.8) is 0 Å². The number of thiophene rings is 1. The molecule has 2 N–H and O–H groups in total. The van der Waals surface area contributed by atoms with Crippen molar-refractivity contribution in [3.05, 3.63) is 35.2 Å². The standard InChI is InChI=1S/C19H25N3OS.HI/c1-2-20-19(22-16-11-14-7-8-17(16)23-14)21-10-9-13-12-24-18-6-4-3-5-15(13)18;/h3-6,12,14,16-17H,2,7-11H2,1H3,(H2,20,21,22);1H. The van der Waals surface area contributed by atoms with Gasteiger partial charge in [-0.2, -0.15) is 0 Å². The molecule has 25 heavy (non-hydrogen) atoms. The topological polar surface area (TPSA) is 45.7 Å². The summed E-state index contributed by atoms with van der Waals surface area (Å²) in [5.74, 6) is 0.929. The van der Waals surface area contributed by atoms with E-state index in [1.54, 1.807) is 0 Å². The van der Waals surface area contributed by atoms with Crippen LogP contribution >= 0.6 is 35.3 Å². The van der Waals surface area contributed by atoms with E-state index < -0.39 is 0 Å². The highest BCUT2D eigenvalue weighted by Gasteiger charge is 2.41. The molecule has 2 aliphatic heterocycles. The Morgan fingerprint density at radius 3 is 2.96 bits per heavy atom. The second-order valence-electron chi connectivity index (χ2n) is 6.63. The van der Waals surface area contributed by atoms with Crippen molar-refractivity contribution >= 4 is 51.4 Å². The summed E-state index contributed by atoms with van der Waals surface area (Å²) in [4.78, 5) is 4.79.